The Morgan fingerprint density at radius 2 is 1.89 bits per heavy atom. The molecular weight excluding hydrogens is 234 g/mol. The molecule has 3 aliphatic rings. The molecule has 0 aromatic carbocycles. The Hall–Kier alpha value is -0.0800. The zero-order valence-electron chi connectivity index (χ0n) is 12.8. The predicted molar refractivity (Wildman–Crippen MR) is 79.1 cm³/mol. The number of aliphatic hydroxyl groups is 1. The average molecular weight is 265 g/mol. The average Bonchev–Trinajstić information content (AvgIpc) is 2.83. The fourth-order valence-corrected chi connectivity index (χ4v) is 4.99. The summed E-state index contributed by atoms with van der Waals surface area (Å²) in [6, 6.07) is 0.853. The van der Waals surface area contributed by atoms with Crippen molar-refractivity contribution in [1.29, 1.82) is 0 Å². The van der Waals surface area contributed by atoms with Gasteiger partial charge in [0.2, 0.25) is 0 Å². The van der Waals surface area contributed by atoms with Crippen LogP contribution in [-0.4, -0.2) is 35.2 Å². The molecule has 2 nitrogen and oxygen atoms in total. The highest BCUT2D eigenvalue weighted by atomic mass is 16.3. The molecule has 2 saturated carbocycles. The van der Waals surface area contributed by atoms with Crippen LogP contribution in [0.1, 0.15) is 65.2 Å². The number of likely N-dealkylation sites (tertiary alicyclic amines) is 1. The first kappa shape index (κ1) is 13.9. The van der Waals surface area contributed by atoms with Crippen molar-refractivity contribution in [2.24, 2.45) is 17.3 Å². The zero-order chi connectivity index (χ0) is 13.5. The van der Waals surface area contributed by atoms with Crippen LogP contribution in [0.5, 0.6) is 0 Å². The van der Waals surface area contributed by atoms with Gasteiger partial charge in [-0.25, -0.2) is 0 Å². The van der Waals surface area contributed by atoms with Crippen LogP contribution in [0.4, 0.5) is 0 Å². The number of aliphatic hydroxyl groups excluding tert-OH is 1. The van der Waals surface area contributed by atoms with E-state index in [-0.39, 0.29) is 6.10 Å². The molecule has 110 valence electrons. The molecule has 0 amide bonds. The molecule has 1 N–H and O–H groups in total. The van der Waals surface area contributed by atoms with Crippen molar-refractivity contribution in [3.63, 3.8) is 0 Å². The largest absolute Gasteiger partial charge is 0.393 e. The summed E-state index contributed by atoms with van der Waals surface area (Å²) in [6.45, 7) is 7.19. The number of fused-ring (bicyclic) bond motifs is 1. The van der Waals surface area contributed by atoms with Gasteiger partial charge in [-0.15, -0.1) is 0 Å². The van der Waals surface area contributed by atoms with E-state index in [9.17, 15) is 5.11 Å². The minimum Gasteiger partial charge on any atom is -0.393 e. The first-order chi connectivity index (χ1) is 9.05. The summed E-state index contributed by atoms with van der Waals surface area (Å²) >= 11 is 0. The van der Waals surface area contributed by atoms with Crippen LogP contribution in [0.25, 0.3) is 0 Å². The standard InChI is InChI=1S/C17H31NO/c1-17(2)9-8-16(19)14(11-17)12-18-10-4-6-13-5-3-7-15(13)18/h13-16,19H,3-12H2,1-2H3. The summed E-state index contributed by atoms with van der Waals surface area (Å²) < 4.78 is 0. The Kier molecular flexibility index (Phi) is 3.92. The van der Waals surface area contributed by atoms with Crippen molar-refractivity contribution in [1.82, 2.24) is 4.90 Å². The van der Waals surface area contributed by atoms with Crippen molar-refractivity contribution < 1.29 is 5.11 Å². The van der Waals surface area contributed by atoms with E-state index in [1.807, 2.05) is 0 Å². The van der Waals surface area contributed by atoms with E-state index in [2.05, 4.69) is 18.7 Å². The lowest BCUT2D eigenvalue weighted by Crippen LogP contribution is -2.48. The number of nitrogens with zero attached hydrogens (tertiary/aromatic N) is 1. The van der Waals surface area contributed by atoms with E-state index in [0.717, 1.165) is 24.9 Å². The van der Waals surface area contributed by atoms with Gasteiger partial charge in [0.25, 0.3) is 0 Å². The fourth-order valence-electron chi connectivity index (χ4n) is 4.99. The van der Waals surface area contributed by atoms with E-state index in [1.165, 1.54) is 51.5 Å². The quantitative estimate of drug-likeness (QED) is 0.827. The van der Waals surface area contributed by atoms with Crippen LogP contribution >= 0.6 is 0 Å². The molecule has 1 heterocycles. The van der Waals surface area contributed by atoms with Gasteiger partial charge in [0.1, 0.15) is 0 Å². The molecule has 4 unspecified atom stereocenters. The Balaban J connectivity index is 1.63. The third-order valence-corrected chi connectivity index (χ3v) is 6.05. The lowest BCUT2D eigenvalue weighted by molar-refractivity contribution is -0.0126. The van der Waals surface area contributed by atoms with E-state index in [0.29, 0.717) is 11.3 Å². The summed E-state index contributed by atoms with van der Waals surface area (Å²) in [5, 5.41) is 10.3. The van der Waals surface area contributed by atoms with Gasteiger partial charge in [-0.1, -0.05) is 20.3 Å². The Labute approximate surface area is 118 Å². The molecule has 2 aliphatic carbocycles. The minimum absolute atomic E-state index is 0.0465. The van der Waals surface area contributed by atoms with Crippen molar-refractivity contribution in [2.45, 2.75) is 77.4 Å². The minimum atomic E-state index is -0.0465. The van der Waals surface area contributed by atoms with Crippen LogP contribution in [0.2, 0.25) is 0 Å². The Morgan fingerprint density at radius 3 is 2.74 bits per heavy atom. The normalized spacial score (nSPS) is 43.1. The monoisotopic (exact) mass is 265 g/mol. The molecule has 4 atom stereocenters. The highest BCUT2D eigenvalue weighted by Gasteiger charge is 2.39. The first-order valence-electron chi connectivity index (χ1n) is 8.47. The third kappa shape index (κ3) is 3.00. The van der Waals surface area contributed by atoms with Crippen molar-refractivity contribution in [3.05, 3.63) is 0 Å². The Bertz CT molecular complexity index is 314. The lowest BCUT2D eigenvalue weighted by atomic mass is 9.70. The maximum absolute atomic E-state index is 10.3. The zero-order valence-corrected chi connectivity index (χ0v) is 12.8. The van der Waals surface area contributed by atoms with Gasteiger partial charge in [0.15, 0.2) is 0 Å². The van der Waals surface area contributed by atoms with Gasteiger partial charge in [0, 0.05) is 12.6 Å². The van der Waals surface area contributed by atoms with Gasteiger partial charge < -0.3 is 5.11 Å². The molecule has 3 rings (SSSR count). The highest BCUT2D eigenvalue weighted by Crippen LogP contribution is 2.41. The second-order valence-electron chi connectivity index (χ2n) is 8.13. The SMILES string of the molecule is CC1(C)CCC(O)C(CN2CCCC3CCCC32)C1. The number of hydrogen-bond donors (Lipinski definition) is 1. The molecule has 0 aromatic rings. The second-order valence-corrected chi connectivity index (χ2v) is 8.13. The maximum atomic E-state index is 10.3. The lowest BCUT2D eigenvalue weighted by Gasteiger charge is -2.44. The molecule has 19 heavy (non-hydrogen) atoms. The van der Waals surface area contributed by atoms with E-state index < -0.39 is 0 Å². The second kappa shape index (κ2) is 5.37. The predicted octanol–water partition coefficient (Wildman–Crippen LogP) is 3.44. The summed E-state index contributed by atoms with van der Waals surface area (Å²) in [6.07, 6.45) is 10.5. The molecular formula is C17H31NO. The first-order valence-corrected chi connectivity index (χ1v) is 8.47. The van der Waals surface area contributed by atoms with Gasteiger partial charge in [-0.2, -0.15) is 0 Å². The fraction of sp³-hybridized carbons (Fsp3) is 1.00. The van der Waals surface area contributed by atoms with Crippen LogP contribution in [-0.2, 0) is 0 Å². The molecule has 0 radical (unpaired) electrons. The maximum Gasteiger partial charge on any atom is 0.0581 e. The van der Waals surface area contributed by atoms with Gasteiger partial charge in [-0.05, 0) is 68.7 Å². The van der Waals surface area contributed by atoms with Crippen LogP contribution in [0.3, 0.4) is 0 Å². The van der Waals surface area contributed by atoms with Crippen molar-refractivity contribution in [3.8, 4) is 0 Å². The topological polar surface area (TPSA) is 23.5 Å². The molecule has 2 heteroatoms. The van der Waals surface area contributed by atoms with Crippen LogP contribution in [0, 0.1) is 17.3 Å². The molecule has 0 aromatic heterocycles. The van der Waals surface area contributed by atoms with Crippen LogP contribution in [0.15, 0.2) is 0 Å². The summed E-state index contributed by atoms with van der Waals surface area (Å²) in [7, 11) is 0. The van der Waals surface area contributed by atoms with Crippen molar-refractivity contribution >= 4 is 0 Å². The molecule has 0 bridgehead atoms. The highest BCUT2D eigenvalue weighted by molar-refractivity contribution is 4.92. The van der Waals surface area contributed by atoms with Gasteiger partial charge in [-0.3, -0.25) is 4.90 Å². The molecule has 1 saturated heterocycles. The number of hydrogen-bond acceptors (Lipinski definition) is 2. The summed E-state index contributed by atoms with van der Waals surface area (Å²) in [5.74, 6) is 1.49. The van der Waals surface area contributed by atoms with Crippen LogP contribution < -0.4 is 0 Å². The van der Waals surface area contributed by atoms with Gasteiger partial charge >= 0.3 is 0 Å². The van der Waals surface area contributed by atoms with E-state index in [1.54, 1.807) is 0 Å². The van der Waals surface area contributed by atoms with E-state index in [4.69, 9.17) is 0 Å². The van der Waals surface area contributed by atoms with Crippen molar-refractivity contribution in [2.75, 3.05) is 13.1 Å². The molecule has 1 aliphatic heterocycles. The number of piperidine rings is 1. The van der Waals surface area contributed by atoms with Gasteiger partial charge in [0.05, 0.1) is 6.10 Å². The van der Waals surface area contributed by atoms with E-state index >= 15 is 0 Å². The molecule has 3 fully saturated rings. The third-order valence-electron chi connectivity index (χ3n) is 6.05. The summed E-state index contributed by atoms with van der Waals surface area (Å²) in [5.41, 5.74) is 0.439. The summed E-state index contributed by atoms with van der Waals surface area (Å²) in [4.78, 5) is 2.75. The smallest absolute Gasteiger partial charge is 0.0581 e. The molecule has 0 spiro atoms. The Morgan fingerprint density at radius 1 is 1.11 bits per heavy atom. The number of rotatable bonds is 2.